The summed E-state index contributed by atoms with van der Waals surface area (Å²) in [6.45, 7) is 2.19. The molecule has 0 radical (unpaired) electrons. The van der Waals surface area contributed by atoms with E-state index < -0.39 is 0 Å². The number of fused-ring (bicyclic) bond motifs is 1. The van der Waals surface area contributed by atoms with Gasteiger partial charge in [-0.3, -0.25) is 0 Å². The van der Waals surface area contributed by atoms with Crippen LogP contribution < -0.4 is 10.2 Å². The number of rotatable bonds is 1. The largest absolute Gasteiger partial charge is 0.332 e. The Hall–Kier alpha value is -1.58. The molecule has 0 aromatic heterocycles. The van der Waals surface area contributed by atoms with Crippen LogP contribution in [0.1, 0.15) is 12.5 Å². The minimum Gasteiger partial charge on any atom is -0.332 e. The molecule has 2 nitrogen and oxygen atoms in total. The minimum absolute atomic E-state index is 0.375. The van der Waals surface area contributed by atoms with Gasteiger partial charge in [-0.1, -0.05) is 29.8 Å². The highest BCUT2D eigenvalue weighted by Crippen LogP contribution is 2.32. The van der Waals surface area contributed by atoms with Gasteiger partial charge in [0, 0.05) is 22.4 Å². The first-order valence-electron chi connectivity index (χ1n) is 6.59. The third-order valence-corrected chi connectivity index (χ3v) is 4.07. The predicted molar refractivity (Wildman–Crippen MR) is 89.8 cm³/mol. The van der Waals surface area contributed by atoms with Crippen LogP contribution in [0.3, 0.4) is 0 Å². The third kappa shape index (κ3) is 2.51. The fraction of sp³-hybridized carbons (Fsp3) is 0.188. The lowest BCUT2D eigenvalue weighted by Crippen LogP contribution is -2.38. The second-order valence-corrected chi connectivity index (χ2v) is 5.81. The number of anilines is 2. The molecule has 1 aliphatic heterocycles. The van der Waals surface area contributed by atoms with Crippen molar-refractivity contribution in [1.29, 1.82) is 0 Å². The molecule has 0 saturated heterocycles. The average molecular weight is 303 g/mol. The van der Waals surface area contributed by atoms with Gasteiger partial charge in [-0.2, -0.15) is 0 Å². The lowest BCUT2D eigenvalue weighted by atomic mass is 10.1. The van der Waals surface area contributed by atoms with Crippen molar-refractivity contribution in [2.24, 2.45) is 0 Å². The number of hydrogen-bond donors (Lipinski definition) is 1. The molecule has 1 atom stereocenters. The van der Waals surface area contributed by atoms with E-state index in [2.05, 4.69) is 41.4 Å². The molecular weight excluding hydrogens is 288 g/mol. The van der Waals surface area contributed by atoms with Gasteiger partial charge >= 0.3 is 0 Å². The Morgan fingerprint density at radius 3 is 2.65 bits per heavy atom. The molecule has 1 aliphatic rings. The van der Waals surface area contributed by atoms with Gasteiger partial charge in [0.2, 0.25) is 0 Å². The fourth-order valence-electron chi connectivity index (χ4n) is 2.59. The molecule has 1 N–H and O–H groups in total. The van der Waals surface area contributed by atoms with E-state index >= 15 is 0 Å². The van der Waals surface area contributed by atoms with Crippen molar-refractivity contribution < 1.29 is 0 Å². The Kier molecular flexibility index (Phi) is 3.64. The summed E-state index contributed by atoms with van der Waals surface area (Å²) in [4.78, 5) is 2.18. The molecule has 0 bridgehead atoms. The highest BCUT2D eigenvalue weighted by molar-refractivity contribution is 7.80. The van der Waals surface area contributed by atoms with Crippen molar-refractivity contribution in [3.05, 3.63) is 59.1 Å². The summed E-state index contributed by atoms with van der Waals surface area (Å²) in [6, 6.07) is 16.4. The van der Waals surface area contributed by atoms with Gasteiger partial charge in [0.1, 0.15) is 0 Å². The van der Waals surface area contributed by atoms with E-state index in [-0.39, 0.29) is 0 Å². The maximum absolute atomic E-state index is 5.89. The number of nitrogens with one attached hydrogen (secondary N) is 1. The van der Waals surface area contributed by atoms with Crippen LogP contribution in [0, 0.1) is 0 Å². The normalized spacial score (nSPS) is 16.9. The van der Waals surface area contributed by atoms with Crippen LogP contribution in [0.4, 0.5) is 11.4 Å². The van der Waals surface area contributed by atoms with Crippen molar-refractivity contribution >= 4 is 40.3 Å². The number of thiocarbonyl (C=S) groups is 1. The molecule has 3 rings (SSSR count). The number of hydrogen-bond acceptors (Lipinski definition) is 1. The van der Waals surface area contributed by atoms with Gasteiger partial charge < -0.3 is 10.2 Å². The predicted octanol–water partition coefficient (Wildman–Crippen LogP) is 4.49. The monoisotopic (exact) mass is 302 g/mol. The van der Waals surface area contributed by atoms with Crippen LogP contribution in [0.5, 0.6) is 0 Å². The molecule has 0 spiro atoms. The topological polar surface area (TPSA) is 15.3 Å². The Labute approximate surface area is 129 Å². The smallest absolute Gasteiger partial charge is 0.178 e. The van der Waals surface area contributed by atoms with Crippen LogP contribution in [-0.4, -0.2) is 11.2 Å². The molecular formula is C16H15ClN2S. The van der Waals surface area contributed by atoms with Crippen molar-refractivity contribution in [3.63, 3.8) is 0 Å². The minimum atomic E-state index is 0.375. The van der Waals surface area contributed by atoms with E-state index in [4.69, 9.17) is 23.8 Å². The highest BCUT2D eigenvalue weighted by Gasteiger charge is 2.28. The lowest BCUT2D eigenvalue weighted by Gasteiger charge is -2.26. The zero-order valence-electron chi connectivity index (χ0n) is 11.1. The third-order valence-electron chi connectivity index (χ3n) is 3.52. The standard InChI is InChI=1S/C16H15ClN2S/c1-11-10-12-4-2-3-5-15(12)19(11)16(20)18-14-8-6-13(17)7-9-14/h2-9,11H,10H2,1H3,(H,18,20)/t11-/m0/s1. The van der Waals surface area contributed by atoms with Gasteiger partial charge in [-0.25, -0.2) is 0 Å². The Morgan fingerprint density at radius 1 is 1.20 bits per heavy atom. The van der Waals surface area contributed by atoms with E-state index in [0.29, 0.717) is 6.04 Å². The Bertz CT molecular complexity index is 639. The van der Waals surface area contributed by atoms with Crippen LogP contribution in [0.25, 0.3) is 0 Å². The fourth-order valence-corrected chi connectivity index (χ4v) is 3.11. The van der Waals surface area contributed by atoms with Gasteiger partial charge in [0.25, 0.3) is 0 Å². The average Bonchev–Trinajstić information content (AvgIpc) is 2.77. The van der Waals surface area contributed by atoms with Crippen molar-refractivity contribution in [1.82, 2.24) is 0 Å². The summed E-state index contributed by atoms with van der Waals surface area (Å²) < 4.78 is 0. The number of nitrogens with zero attached hydrogens (tertiary/aromatic N) is 1. The van der Waals surface area contributed by atoms with Crippen LogP contribution in [0.15, 0.2) is 48.5 Å². The van der Waals surface area contributed by atoms with Crippen LogP contribution in [0.2, 0.25) is 5.02 Å². The highest BCUT2D eigenvalue weighted by atomic mass is 35.5. The van der Waals surface area contributed by atoms with E-state index in [1.807, 2.05) is 24.3 Å². The quantitative estimate of drug-likeness (QED) is 0.782. The maximum Gasteiger partial charge on any atom is 0.178 e. The first kappa shape index (κ1) is 13.4. The van der Waals surface area contributed by atoms with Gasteiger partial charge in [-0.05, 0) is 61.5 Å². The molecule has 0 aliphatic carbocycles. The summed E-state index contributed by atoms with van der Waals surface area (Å²) in [5, 5.41) is 4.73. The molecule has 1 heterocycles. The van der Waals surface area contributed by atoms with Gasteiger partial charge in [-0.15, -0.1) is 0 Å². The van der Waals surface area contributed by atoms with Gasteiger partial charge in [0.05, 0.1) is 0 Å². The van der Waals surface area contributed by atoms with Crippen molar-refractivity contribution in [3.8, 4) is 0 Å². The van der Waals surface area contributed by atoms with Crippen molar-refractivity contribution in [2.75, 3.05) is 10.2 Å². The lowest BCUT2D eigenvalue weighted by molar-refractivity contribution is 0.776. The summed E-state index contributed by atoms with van der Waals surface area (Å²) in [6.07, 6.45) is 1.03. The second kappa shape index (κ2) is 5.43. The van der Waals surface area contributed by atoms with Crippen LogP contribution >= 0.6 is 23.8 Å². The molecule has 102 valence electrons. The maximum atomic E-state index is 5.89. The molecule has 2 aromatic rings. The molecule has 0 amide bonds. The summed E-state index contributed by atoms with van der Waals surface area (Å²) >= 11 is 11.5. The van der Waals surface area contributed by atoms with Gasteiger partial charge in [0.15, 0.2) is 5.11 Å². The first-order valence-corrected chi connectivity index (χ1v) is 7.37. The SMILES string of the molecule is C[C@H]1Cc2ccccc2N1C(=S)Nc1ccc(Cl)cc1. The zero-order chi connectivity index (χ0) is 14.1. The summed E-state index contributed by atoms with van der Waals surface area (Å²) in [5.74, 6) is 0. The summed E-state index contributed by atoms with van der Waals surface area (Å²) in [5.41, 5.74) is 3.50. The van der Waals surface area contributed by atoms with E-state index in [0.717, 1.165) is 22.2 Å². The van der Waals surface area contributed by atoms with Crippen molar-refractivity contribution in [2.45, 2.75) is 19.4 Å². The number of halogens is 1. The first-order chi connectivity index (χ1) is 9.65. The molecule has 0 saturated carbocycles. The molecule has 0 unspecified atom stereocenters. The number of para-hydroxylation sites is 1. The molecule has 20 heavy (non-hydrogen) atoms. The Morgan fingerprint density at radius 2 is 1.90 bits per heavy atom. The molecule has 0 fully saturated rings. The van der Waals surface area contributed by atoms with E-state index in [1.165, 1.54) is 11.3 Å². The summed E-state index contributed by atoms with van der Waals surface area (Å²) in [7, 11) is 0. The van der Waals surface area contributed by atoms with E-state index in [1.54, 1.807) is 0 Å². The van der Waals surface area contributed by atoms with Crippen LogP contribution in [-0.2, 0) is 6.42 Å². The zero-order valence-corrected chi connectivity index (χ0v) is 12.7. The second-order valence-electron chi connectivity index (χ2n) is 4.99. The van der Waals surface area contributed by atoms with E-state index in [9.17, 15) is 0 Å². The Balaban J connectivity index is 1.82. The molecule has 4 heteroatoms. The molecule has 2 aromatic carbocycles. The number of benzene rings is 2.